The fourth-order valence-corrected chi connectivity index (χ4v) is 0.688. The predicted molar refractivity (Wildman–Crippen MR) is 39.9 cm³/mol. The third-order valence-corrected chi connectivity index (χ3v) is 1.33. The summed E-state index contributed by atoms with van der Waals surface area (Å²) in [6.07, 6.45) is 1.32. The molecule has 0 radical (unpaired) electrons. The third-order valence-electron chi connectivity index (χ3n) is 0.787. The van der Waals surface area contributed by atoms with Crippen molar-refractivity contribution in [3.05, 3.63) is 0 Å². The number of aldehydes is 1. The molecule has 0 aromatic rings. The van der Waals surface area contributed by atoms with Crippen LogP contribution >= 0.6 is 0 Å². The van der Waals surface area contributed by atoms with Crippen LogP contribution in [0.25, 0.3) is 0 Å². The topological polar surface area (TPSA) is 89.5 Å². The number of hydrogen-bond acceptors (Lipinski definition) is 5. The molecular weight excluding hydrogens is 186 g/mol. The molecule has 0 saturated carbocycles. The van der Waals surface area contributed by atoms with Crippen molar-refractivity contribution in [2.24, 2.45) is 0 Å². The van der Waals surface area contributed by atoms with Crippen LogP contribution in [0.4, 0.5) is 0 Å². The minimum absolute atomic E-state index is 0.147. The van der Waals surface area contributed by atoms with Crippen LogP contribution in [0, 0.1) is 0 Å². The zero-order chi connectivity index (χ0) is 9.61. The summed E-state index contributed by atoms with van der Waals surface area (Å²) in [6, 6.07) is 0. The Morgan fingerprint density at radius 3 is 2.58 bits per heavy atom. The zero-order valence-corrected chi connectivity index (χ0v) is 7.26. The molecule has 0 atom stereocenters. The molecule has 1 N–H and O–H groups in total. The van der Waals surface area contributed by atoms with Gasteiger partial charge in [-0.2, -0.15) is 8.42 Å². The summed E-state index contributed by atoms with van der Waals surface area (Å²) in [4.78, 5) is 20.3. The summed E-state index contributed by atoms with van der Waals surface area (Å²) in [5.74, 6) is -0.646. The second-order valence-corrected chi connectivity index (χ2v) is 3.58. The Labute approximate surface area is 70.0 Å². The van der Waals surface area contributed by atoms with Gasteiger partial charge in [-0.25, -0.2) is 0 Å². The Morgan fingerprint density at radius 1 is 1.58 bits per heavy atom. The third kappa shape index (κ3) is 7.16. The first kappa shape index (κ1) is 11.1. The molecule has 70 valence electrons. The van der Waals surface area contributed by atoms with Crippen LogP contribution in [0.5, 0.6) is 0 Å². The van der Waals surface area contributed by atoms with Gasteiger partial charge in [0.25, 0.3) is 10.1 Å². The van der Waals surface area contributed by atoms with Crippen LogP contribution in [0.3, 0.4) is 0 Å². The Morgan fingerprint density at radius 2 is 2.17 bits per heavy atom. The summed E-state index contributed by atoms with van der Waals surface area (Å²) in [7, 11) is -3.59. The number of carbonyl (C=O) groups excluding carboxylic acids is 2. The largest absolute Gasteiger partial charge is 0.347 e. The lowest BCUT2D eigenvalue weighted by molar-refractivity contribution is -0.124. The quantitative estimate of drug-likeness (QED) is 0.416. The van der Waals surface area contributed by atoms with Crippen molar-refractivity contribution in [3.8, 4) is 0 Å². The van der Waals surface area contributed by atoms with E-state index in [4.69, 9.17) is 0 Å². The van der Waals surface area contributed by atoms with Crippen molar-refractivity contribution in [1.29, 1.82) is 0 Å². The van der Waals surface area contributed by atoms with Crippen LogP contribution in [-0.2, 0) is 23.9 Å². The van der Waals surface area contributed by atoms with Gasteiger partial charge in [0, 0.05) is 0 Å². The van der Waals surface area contributed by atoms with Gasteiger partial charge in [0.2, 0.25) is 5.91 Å². The van der Waals surface area contributed by atoms with Gasteiger partial charge < -0.3 is 10.1 Å². The molecule has 0 fully saturated rings. The lowest BCUT2D eigenvalue weighted by atomic mass is 10.6. The molecule has 0 aromatic carbocycles. The van der Waals surface area contributed by atoms with E-state index in [2.05, 4.69) is 9.50 Å². The van der Waals surface area contributed by atoms with Gasteiger partial charge in [0.05, 0.1) is 12.8 Å². The number of carbonyl (C=O) groups is 2. The Bertz CT molecular complexity index is 257. The molecular formula is C5H9NO5S. The predicted octanol–water partition coefficient (Wildman–Crippen LogP) is -1.72. The minimum atomic E-state index is -3.59. The van der Waals surface area contributed by atoms with Crippen LogP contribution in [0.15, 0.2) is 0 Å². The first-order chi connectivity index (χ1) is 5.45. The molecule has 0 spiro atoms. The summed E-state index contributed by atoms with van der Waals surface area (Å²) in [6.45, 7) is -0.737. The second-order valence-electron chi connectivity index (χ2n) is 1.94. The van der Waals surface area contributed by atoms with Crippen molar-refractivity contribution >= 4 is 22.3 Å². The maximum Gasteiger partial charge on any atom is 0.264 e. The monoisotopic (exact) mass is 195 g/mol. The number of nitrogens with one attached hydrogen (secondary N) is 1. The fraction of sp³-hybridized carbons (Fsp3) is 0.600. The van der Waals surface area contributed by atoms with Crippen molar-refractivity contribution in [3.63, 3.8) is 0 Å². The summed E-state index contributed by atoms with van der Waals surface area (Å²) < 4.78 is 24.8. The molecule has 6 nitrogen and oxygen atoms in total. The smallest absolute Gasteiger partial charge is 0.264 e. The molecule has 0 rings (SSSR count). The van der Waals surface area contributed by atoms with Gasteiger partial charge in [0.1, 0.15) is 12.9 Å². The molecule has 0 bridgehead atoms. The first-order valence-corrected chi connectivity index (χ1v) is 4.82. The highest BCUT2D eigenvalue weighted by Crippen LogP contribution is 1.84. The van der Waals surface area contributed by atoms with Gasteiger partial charge in [-0.1, -0.05) is 0 Å². The fourth-order valence-electron chi connectivity index (χ4n) is 0.367. The van der Waals surface area contributed by atoms with Crippen LogP contribution in [0.1, 0.15) is 0 Å². The normalized spacial score (nSPS) is 10.8. The minimum Gasteiger partial charge on any atom is -0.347 e. The molecule has 0 heterocycles. The van der Waals surface area contributed by atoms with Crippen molar-refractivity contribution in [1.82, 2.24) is 5.32 Å². The maximum atomic E-state index is 10.6. The summed E-state index contributed by atoms with van der Waals surface area (Å²) >= 11 is 0. The Hall–Kier alpha value is -0.950. The molecule has 0 unspecified atom stereocenters. The number of amides is 1. The number of rotatable bonds is 5. The highest BCUT2D eigenvalue weighted by atomic mass is 32.2. The molecule has 0 saturated heterocycles. The van der Waals surface area contributed by atoms with E-state index in [-0.39, 0.29) is 6.54 Å². The number of hydrogen-bond donors (Lipinski definition) is 1. The van der Waals surface area contributed by atoms with E-state index in [9.17, 15) is 18.0 Å². The molecule has 0 aromatic heterocycles. The zero-order valence-electron chi connectivity index (χ0n) is 6.44. The summed E-state index contributed by atoms with van der Waals surface area (Å²) in [5.41, 5.74) is 0. The highest BCUT2D eigenvalue weighted by Gasteiger charge is 2.06. The van der Waals surface area contributed by atoms with Crippen LogP contribution in [-0.4, -0.2) is 40.0 Å². The van der Waals surface area contributed by atoms with E-state index < -0.39 is 22.6 Å². The highest BCUT2D eigenvalue weighted by molar-refractivity contribution is 7.86. The van der Waals surface area contributed by atoms with Gasteiger partial charge in [-0.15, -0.1) is 0 Å². The van der Waals surface area contributed by atoms with E-state index in [1.165, 1.54) is 0 Å². The Kier molecular flexibility index (Phi) is 4.45. The second kappa shape index (κ2) is 4.83. The molecule has 0 aliphatic carbocycles. The van der Waals surface area contributed by atoms with Gasteiger partial charge >= 0.3 is 0 Å². The molecule has 7 heteroatoms. The van der Waals surface area contributed by atoms with E-state index in [0.717, 1.165) is 6.26 Å². The van der Waals surface area contributed by atoms with Crippen LogP contribution < -0.4 is 5.32 Å². The molecule has 12 heavy (non-hydrogen) atoms. The van der Waals surface area contributed by atoms with Gasteiger partial charge in [0.15, 0.2) is 0 Å². The van der Waals surface area contributed by atoms with E-state index in [1.807, 2.05) is 0 Å². The lowest BCUT2D eigenvalue weighted by Crippen LogP contribution is -2.29. The van der Waals surface area contributed by atoms with E-state index in [1.54, 1.807) is 0 Å². The molecule has 0 aliphatic heterocycles. The van der Waals surface area contributed by atoms with Crippen LogP contribution in [0.2, 0.25) is 0 Å². The summed E-state index contributed by atoms with van der Waals surface area (Å²) in [5, 5.41) is 2.11. The van der Waals surface area contributed by atoms with Gasteiger partial charge in [-0.3, -0.25) is 8.98 Å². The van der Waals surface area contributed by atoms with E-state index >= 15 is 0 Å². The maximum absolute atomic E-state index is 10.6. The van der Waals surface area contributed by atoms with Crippen molar-refractivity contribution in [2.45, 2.75) is 0 Å². The Balaban J connectivity index is 3.65. The van der Waals surface area contributed by atoms with Gasteiger partial charge in [-0.05, 0) is 0 Å². The van der Waals surface area contributed by atoms with E-state index in [0.29, 0.717) is 6.29 Å². The average molecular weight is 195 g/mol. The molecule has 1 amide bonds. The average Bonchev–Trinajstić information content (AvgIpc) is 1.95. The molecule has 0 aliphatic rings. The standard InChI is InChI=1S/C5H9NO5S/c1-12(9,10)11-4-5(8)6-2-3-7/h3H,2,4H2,1H3,(H,6,8). The first-order valence-electron chi connectivity index (χ1n) is 3.00. The SMILES string of the molecule is CS(=O)(=O)OCC(=O)NCC=O. The van der Waals surface area contributed by atoms with Crippen molar-refractivity contribution < 1.29 is 22.2 Å². The van der Waals surface area contributed by atoms with Crippen molar-refractivity contribution in [2.75, 3.05) is 19.4 Å². The lowest BCUT2D eigenvalue weighted by Gasteiger charge is -2.00.